The monoisotopic (exact) mass is 207 g/mol. The number of thiazole rings is 1. The number of anilines is 1. The average Bonchev–Trinajstić information content (AvgIpc) is 2.77. The molecule has 4 nitrogen and oxygen atoms in total. The van der Waals surface area contributed by atoms with Crippen molar-refractivity contribution in [2.24, 2.45) is 5.10 Å². The average molecular weight is 207 g/mol. The van der Waals surface area contributed by atoms with Crippen molar-refractivity contribution in [3.8, 4) is 0 Å². The molecule has 0 saturated carbocycles. The van der Waals surface area contributed by atoms with E-state index in [9.17, 15) is 0 Å². The predicted molar refractivity (Wildman–Crippen MR) is 56.8 cm³/mol. The van der Waals surface area contributed by atoms with Gasteiger partial charge in [-0.3, -0.25) is 5.43 Å². The van der Waals surface area contributed by atoms with Crippen LogP contribution < -0.4 is 5.43 Å². The number of aromatic nitrogens is 1. The van der Waals surface area contributed by atoms with Gasteiger partial charge in [-0.25, -0.2) is 4.98 Å². The first-order valence-corrected chi connectivity index (χ1v) is 4.97. The van der Waals surface area contributed by atoms with Crippen LogP contribution in [-0.4, -0.2) is 11.2 Å². The number of hydrogen-bond acceptors (Lipinski definition) is 5. The molecule has 0 radical (unpaired) electrons. The van der Waals surface area contributed by atoms with Crippen molar-refractivity contribution in [3.63, 3.8) is 0 Å². The van der Waals surface area contributed by atoms with Crippen LogP contribution in [0.2, 0.25) is 0 Å². The SMILES string of the molecule is Cc1ccc(C=NNc2nccs2)o1. The summed E-state index contributed by atoms with van der Waals surface area (Å²) >= 11 is 1.50. The van der Waals surface area contributed by atoms with E-state index in [2.05, 4.69) is 15.5 Å². The Balaban J connectivity index is 1.95. The smallest absolute Gasteiger partial charge is 0.203 e. The number of nitrogens with one attached hydrogen (secondary N) is 1. The third-order valence-corrected chi connectivity index (χ3v) is 2.22. The standard InChI is InChI=1S/C9H9N3OS/c1-7-2-3-8(13-7)6-11-12-9-10-4-5-14-9/h2-6H,1H3,(H,10,12). The predicted octanol–water partition coefficient (Wildman–Crippen LogP) is 2.49. The minimum atomic E-state index is 0.728. The second-order valence-corrected chi connectivity index (χ2v) is 3.55. The largest absolute Gasteiger partial charge is 0.460 e. The lowest BCUT2D eigenvalue weighted by Crippen LogP contribution is -1.87. The van der Waals surface area contributed by atoms with Gasteiger partial charge in [0, 0.05) is 11.6 Å². The van der Waals surface area contributed by atoms with Crippen molar-refractivity contribution in [1.29, 1.82) is 0 Å². The van der Waals surface area contributed by atoms with Gasteiger partial charge in [-0.15, -0.1) is 11.3 Å². The van der Waals surface area contributed by atoms with Crippen LogP contribution in [0.4, 0.5) is 5.13 Å². The van der Waals surface area contributed by atoms with E-state index < -0.39 is 0 Å². The molecule has 0 unspecified atom stereocenters. The molecule has 0 atom stereocenters. The maximum Gasteiger partial charge on any atom is 0.203 e. The Morgan fingerprint density at radius 1 is 1.57 bits per heavy atom. The highest BCUT2D eigenvalue weighted by Crippen LogP contribution is 2.10. The molecule has 0 aromatic carbocycles. The van der Waals surface area contributed by atoms with Gasteiger partial charge in [0.1, 0.15) is 11.5 Å². The summed E-state index contributed by atoms with van der Waals surface area (Å²) in [5, 5.41) is 6.63. The summed E-state index contributed by atoms with van der Waals surface area (Å²) < 4.78 is 5.30. The molecular weight excluding hydrogens is 198 g/mol. The Hall–Kier alpha value is -1.62. The molecule has 2 rings (SSSR count). The zero-order valence-electron chi connectivity index (χ0n) is 7.60. The van der Waals surface area contributed by atoms with Crippen LogP contribution in [0.15, 0.2) is 33.2 Å². The van der Waals surface area contributed by atoms with Crippen molar-refractivity contribution in [1.82, 2.24) is 4.98 Å². The molecule has 0 aliphatic heterocycles. The van der Waals surface area contributed by atoms with E-state index in [1.165, 1.54) is 11.3 Å². The van der Waals surface area contributed by atoms with Crippen LogP contribution in [0.5, 0.6) is 0 Å². The van der Waals surface area contributed by atoms with Crippen molar-refractivity contribution in [3.05, 3.63) is 35.2 Å². The van der Waals surface area contributed by atoms with Crippen molar-refractivity contribution < 1.29 is 4.42 Å². The molecule has 5 heteroatoms. The minimum Gasteiger partial charge on any atom is -0.460 e. The molecule has 0 spiro atoms. The number of rotatable bonds is 3. The summed E-state index contributed by atoms with van der Waals surface area (Å²) in [7, 11) is 0. The lowest BCUT2D eigenvalue weighted by Gasteiger charge is -1.90. The zero-order valence-corrected chi connectivity index (χ0v) is 8.41. The normalized spacial score (nSPS) is 10.9. The van der Waals surface area contributed by atoms with Gasteiger partial charge in [-0.1, -0.05) is 0 Å². The quantitative estimate of drug-likeness (QED) is 0.621. The summed E-state index contributed by atoms with van der Waals surface area (Å²) in [6, 6.07) is 3.76. The molecule has 0 aliphatic rings. The first-order chi connectivity index (χ1) is 6.84. The highest BCUT2D eigenvalue weighted by atomic mass is 32.1. The summed E-state index contributed by atoms with van der Waals surface area (Å²) in [6.45, 7) is 1.89. The molecule has 2 aromatic heterocycles. The van der Waals surface area contributed by atoms with Crippen LogP contribution >= 0.6 is 11.3 Å². The van der Waals surface area contributed by atoms with Gasteiger partial charge in [-0.05, 0) is 19.1 Å². The van der Waals surface area contributed by atoms with Gasteiger partial charge >= 0.3 is 0 Å². The van der Waals surface area contributed by atoms with Crippen LogP contribution in [0.1, 0.15) is 11.5 Å². The molecule has 0 bridgehead atoms. The molecular formula is C9H9N3OS. The number of hydrogen-bond donors (Lipinski definition) is 1. The van der Waals surface area contributed by atoms with Gasteiger partial charge in [-0.2, -0.15) is 5.10 Å². The highest BCUT2D eigenvalue weighted by molar-refractivity contribution is 7.13. The Morgan fingerprint density at radius 2 is 2.50 bits per heavy atom. The van der Waals surface area contributed by atoms with Crippen molar-refractivity contribution in [2.45, 2.75) is 6.92 Å². The second-order valence-electron chi connectivity index (χ2n) is 2.66. The second kappa shape index (κ2) is 4.06. The summed E-state index contributed by atoms with van der Waals surface area (Å²) in [4.78, 5) is 4.02. The summed E-state index contributed by atoms with van der Waals surface area (Å²) in [5.74, 6) is 1.60. The van der Waals surface area contributed by atoms with E-state index in [-0.39, 0.29) is 0 Å². The number of furan rings is 1. The van der Waals surface area contributed by atoms with Gasteiger partial charge in [0.15, 0.2) is 0 Å². The van der Waals surface area contributed by atoms with Gasteiger partial charge in [0.25, 0.3) is 0 Å². The Morgan fingerprint density at radius 3 is 3.14 bits per heavy atom. The first-order valence-electron chi connectivity index (χ1n) is 4.09. The van der Waals surface area contributed by atoms with Crippen LogP contribution in [-0.2, 0) is 0 Å². The topological polar surface area (TPSA) is 50.4 Å². The third-order valence-electron chi connectivity index (χ3n) is 1.55. The van der Waals surface area contributed by atoms with Crippen molar-refractivity contribution in [2.75, 3.05) is 5.43 Å². The van der Waals surface area contributed by atoms with E-state index >= 15 is 0 Å². The lowest BCUT2D eigenvalue weighted by atomic mass is 10.4. The van der Waals surface area contributed by atoms with Crippen molar-refractivity contribution >= 4 is 22.7 Å². The lowest BCUT2D eigenvalue weighted by molar-refractivity contribution is 0.528. The van der Waals surface area contributed by atoms with E-state index in [0.29, 0.717) is 0 Å². The van der Waals surface area contributed by atoms with Gasteiger partial charge in [0.05, 0.1) is 6.21 Å². The molecule has 14 heavy (non-hydrogen) atoms. The zero-order chi connectivity index (χ0) is 9.80. The van der Waals surface area contributed by atoms with E-state index in [4.69, 9.17) is 4.42 Å². The molecule has 0 aliphatic carbocycles. The third kappa shape index (κ3) is 2.20. The molecule has 2 heterocycles. The molecule has 1 N–H and O–H groups in total. The van der Waals surface area contributed by atoms with Crippen LogP contribution in [0.3, 0.4) is 0 Å². The van der Waals surface area contributed by atoms with Crippen LogP contribution in [0.25, 0.3) is 0 Å². The maximum absolute atomic E-state index is 5.30. The minimum absolute atomic E-state index is 0.728. The summed E-state index contributed by atoms with van der Waals surface area (Å²) in [6.07, 6.45) is 3.34. The molecule has 72 valence electrons. The molecule has 0 amide bonds. The van der Waals surface area contributed by atoms with Gasteiger partial charge < -0.3 is 4.42 Å². The fourth-order valence-electron chi connectivity index (χ4n) is 0.953. The fraction of sp³-hybridized carbons (Fsp3) is 0.111. The Kier molecular flexibility index (Phi) is 2.60. The molecule has 0 fully saturated rings. The maximum atomic E-state index is 5.30. The summed E-state index contributed by atoms with van der Waals surface area (Å²) in [5.41, 5.74) is 2.80. The highest BCUT2D eigenvalue weighted by Gasteiger charge is 1.93. The number of aryl methyl sites for hydroxylation is 1. The van der Waals surface area contributed by atoms with E-state index in [1.54, 1.807) is 12.4 Å². The fourth-order valence-corrected chi connectivity index (χ4v) is 1.43. The van der Waals surface area contributed by atoms with Gasteiger partial charge in [0.2, 0.25) is 5.13 Å². The number of nitrogens with zero attached hydrogens (tertiary/aromatic N) is 2. The molecule has 2 aromatic rings. The van der Waals surface area contributed by atoms with E-state index in [1.807, 2.05) is 24.4 Å². The number of hydrazone groups is 1. The Labute approximate surface area is 85.3 Å². The van der Waals surface area contributed by atoms with E-state index in [0.717, 1.165) is 16.7 Å². The van der Waals surface area contributed by atoms with Crippen LogP contribution in [0, 0.1) is 6.92 Å². The molecule has 0 saturated heterocycles. The Bertz CT molecular complexity index is 419. The first kappa shape index (κ1) is 8.96.